The number of hydrogen-bond acceptors (Lipinski definition) is 4. The first-order valence-corrected chi connectivity index (χ1v) is 9.68. The summed E-state index contributed by atoms with van der Waals surface area (Å²) in [5, 5.41) is 3.96. The fourth-order valence-electron chi connectivity index (χ4n) is 3.25. The normalized spacial score (nSPS) is 11.0. The topological polar surface area (TPSA) is 74.8 Å². The van der Waals surface area contributed by atoms with Gasteiger partial charge in [-0.1, -0.05) is 25.5 Å². The molecule has 0 fully saturated rings. The molecule has 0 aliphatic rings. The van der Waals surface area contributed by atoms with Crippen molar-refractivity contribution in [1.29, 1.82) is 0 Å². The van der Waals surface area contributed by atoms with Gasteiger partial charge in [-0.25, -0.2) is 4.98 Å². The lowest BCUT2D eigenvalue weighted by Crippen LogP contribution is -2.27. The van der Waals surface area contributed by atoms with Crippen LogP contribution in [0.3, 0.4) is 0 Å². The van der Waals surface area contributed by atoms with Gasteiger partial charge in [-0.3, -0.25) is 9.59 Å². The van der Waals surface area contributed by atoms with E-state index in [4.69, 9.17) is 0 Å². The smallest absolute Gasteiger partial charge is 0.268 e. The average molecular weight is 369 g/mol. The van der Waals surface area contributed by atoms with Crippen LogP contribution >= 0.6 is 11.3 Å². The monoisotopic (exact) mass is 369 g/mol. The molecule has 1 aromatic carbocycles. The minimum atomic E-state index is -0.162. The summed E-state index contributed by atoms with van der Waals surface area (Å²) in [6, 6.07) is 8.03. The van der Waals surface area contributed by atoms with Crippen molar-refractivity contribution < 1.29 is 9.59 Å². The molecule has 26 heavy (non-hydrogen) atoms. The van der Waals surface area contributed by atoms with Crippen LogP contribution < -0.4 is 5.32 Å². The van der Waals surface area contributed by atoms with Crippen molar-refractivity contribution in [3.8, 4) is 0 Å². The van der Waals surface area contributed by atoms with Gasteiger partial charge in [0.1, 0.15) is 5.69 Å². The molecule has 2 N–H and O–H groups in total. The Labute approximate surface area is 156 Å². The molecule has 2 heterocycles. The lowest BCUT2D eigenvalue weighted by Gasteiger charge is -2.06. The van der Waals surface area contributed by atoms with Crippen molar-refractivity contribution in [3.63, 3.8) is 0 Å². The van der Waals surface area contributed by atoms with E-state index in [1.165, 1.54) is 0 Å². The van der Waals surface area contributed by atoms with Crippen molar-refractivity contribution in [1.82, 2.24) is 15.3 Å². The summed E-state index contributed by atoms with van der Waals surface area (Å²) in [4.78, 5) is 32.2. The van der Waals surface area contributed by atoms with Gasteiger partial charge in [0, 0.05) is 24.2 Å². The maximum absolute atomic E-state index is 12.6. The first-order chi connectivity index (χ1) is 12.5. The van der Waals surface area contributed by atoms with Crippen LogP contribution in [0.2, 0.25) is 0 Å². The van der Waals surface area contributed by atoms with E-state index in [0.29, 0.717) is 30.6 Å². The van der Waals surface area contributed by atoms with Gasteiger partial charge in [0.2, 0.25) is 0 Å². The number of aromatic nitrogens is 2. The van der Waals surface area contributed by atoms with Crippen molar-refractivity contribution in [2.75, 3.05) is 6.54 Å². The van der Waals surface area contributed by atoms with Gasteiger partial charge in [0.15, 0.2) is 5.78 Å². The zero-order valence-electron chi connectivity index (χ0n) is 15.3. The predicted molar refractivity (Wildman–Crippen MR) is 105 cm³/mol. The number of benzene rings is 1. The lowest BCUT2D eigenvalue weighted by atomic mass is 10.0. The van der Waals surface area contributed by atoms with Crippen molar-refractivity contribution in [2.45, 2.75) is 40.0 Å². The van der Waals surface area contributed by atoms with Crippen molar-refractivity contribution >= 4 is 33.2 Å². The fourth-order valence-corrected chi connectivity index (χ4v) is 4.21. The molecule has 6 heteroatoms. The standard InChI is InChI=1S/C20H23N3O2S/c1-4-7-14-18(13(3)24)12(2)22-19(14)20(25)21-11-10-17-23-15-8-5-6-9-16(15)26-17/h5-6,8-9,22H,4,7,10-11H2,1-3H3,(H,21,25). The maximum Gasteiger partial charge on any atom is 0.268 e. The number of nitrogens with zero attached hydrogens (tertiary/aromatic N) is 1. The Morgan fingerprint density at radius 1 is 1.23 bits per heavy atom. The molecule has 0 aliphatic heterocycles. The number of nitrogens with one attached hydrogen (secondary N) is 2. The van der Waals surface area contributed by atoms with E-state index in [1.54, 1.807) is 18.3 Å². The molecule has 0 atom stereocenters. The van der Waals surface area contributed by atoms with Crippen LogP contribution in [0.4, 0.5) is 0 Å². The summed E-state index contributed by atoms with van der Waals surface area (Å²) in [6.07, 6.45) is 2.27. The molecule has 1 amide bonds. The maximum atomic E-state index is 12.6. The molecule has 0 spiro atoms. The van der Waals surface area contributed by atoms with Gasteiger partial charge in [0.05, 0.1) is 15.2 Å². The third-order valence-corrected chi connectivity index (χ3v) is 5.43. The van der Waals surface area contributed by atoms with E-state index >= 15 is 0 Å². The highest BCUT2D eigenvalue weighted by Gasteiger charge is 2.21. The summed E-state index contributed by atoms with van der Waals surface area (Å²) in [6.45, 7) is 5.94. The van der Waals surface area contributed by atoms with Gasteiger partial charge in [-0.2, -0.15) is 0 Å². The van der Waals surface area contributed by atoms with Crippen LogP contribution in [-0.4, -0.2) is 28.2 Å². The van der Waals surface area contributed by atoms with Gasteiger partial charge < -0.3 is 10.3 Å². The highest BCUT2D eigenvalue weighted by molar-refractivity contribution is 7.18. The van der Waals surface area contributed by atoms with Gasteiger partial charge in [0.25, 0.3) is 5.91 Å². The number of aromatic amines is 1. The summed E-state index contributed by atoms with van der Waals surface area (Å²) in [5.41, 5.74) is 3.75. The first-order valence-electron chi connectivity index (χ1n) is 8.86. The third kappa shape index (κ3) is 3.70. The highest BCUT2D eigenvalue weighted by Crippen LogP contribution is 2.23. The third-order valence-electron chi connectivity index (χ3n) is 4.33. The number of H-pyrrole nitrogens is 1. The molecular weight excluding hydrogens is 346 g/mol. The molecule has 3 aromatic rings. The second-order valence-electron chi connectivity index (χ2n) is 6.37. The number of para-hydroxylation sites is 1. The molecule has 3 rings (SSSR count). The number of aryl methyl sites for hydroxylation is 1. The van der Waals surface area contributed by atoms with Crippen LogP contribution in [0.25, 0.3) is 10.2 Å². The van der Waals surface area contributed by atoms with Crippen molar-refractivity contribution in [2.24, 2.45) is 0 Å². The molecule has 0 radical (unpaired) electrons. The Hall–Kier alpha value is -2.47. The molecule has 2 aromatic heterocycles. The van der Waals surface area contributed by atoms with Crippen LogP contribution in [0.15, 0.2) is 24.3 Å². The van der Waals surface area contributed by atoms with Gasteiger partial charge in [-0.15, -0.1) is 11.3 Å². The molecule has 136 valence electrons. The zero-order valence-corrected chi connectivity index (χ0v) is 16.1. The Bertz CT molecular complexity index is 922. The minimum absolute atomic E-state index is 0.00396. The van der Waals surface area contributed by atoms with Gasteiger partial charge >= 0.3 is 0 Å². The number of carbonyl (C=O) groups excluding carboxylic acids is 2. The summed E-state index contributed by atoms with van der Waals surface area (Å²) in [7, 11) is 0. The summed E-state index contributed by atoms with van der Waals surface area (Å²) in [5.74, 6) is -0.166. The predicted octanol–water partition coefficient (Wildman–Crippen LogP) is 4.06. The Morgan fingerprint density at radius 3 is 2.69 bits per heavy atom. The van der Waals surface area contributed by atoms with Crippen LogP contribution in [0.5, 0.6) is 0 Å². The zero-order chi connectivity index (χ0) is 18.7. The van der Waals surface area contributed by atoms with E-state index in [-0.39, 0.29) is 11.7 Å². The number of amides is 1. The van der Waals surface area contributed by atoms with E-state index in [9.17, 15) is 9.59 Å². The molecular formula is C20H23N3O2S. The molecule has 0 bridgehead atoms. The number of Topliss-reactive ketones (excluding diaryl/α,β-unsaturated/α-hetero) is 1. The quantitative estimate of drug-likeness (QED) is 0.617. The van der Waals surface area contributed by atoms with E-state index in [2.05, 4.69) is 21.4 Å². The Balaban J connectivity index is 1.70. The Kier molecular flexibility index (Phi) is 5.52. The number of carbonyl (C=O) groups is 2. The molecule has 0 saturated carbocycles. The number of rotatable bonds is 7. The van der Waals surface area contributed by atoms with Gasteiger partial charge in [-0.05, 0) is 38.0 Å². The number of hydrogen-bond donors (Lipinski definition) is 2. The second-order valence-corrected chi connectivity index (χ2v) is 7.48. The molecule has 0 aliphatic carbocycles. The lowest BCUT2D eigenvalue weighted by molar-refractivity contribution is 0.0948. The molecule has 0 unspecified atom stereocenters. The first kappa shape index (κ1) is 18.3. The Morgan fingerprint density at radius 2 is 2.00 bits per heavy atom. The fraction of sp³-hybridized carbons (Fsp3) is 0.350. The number of ketones is 1. The van der Waals surface area contributed by atoms with Crippen LogP contribution in [-0.2, 0) is 12.8 Å². The van der Waals surface area contributed by atoms with Crippen LogP contribution in [0.1, 0.15) is 57.4 Å². The second kappa shape index (κ2) is 7.83. The van der Waals surface area contributed by atoms with Crippen molar-refractivity contribution in [3.05, 3.63) is 51.8 Å². The molecule has 5 nitrogen and oxygen atoms in total. The largest absolute Gasteiger partial charge is 0.354 e. The van der Waals surface area contributed by atoms with Crippen LogP contribution in [0, 0.1) is 6.92 Å². The number of thiazole rings is 1. The summed E-state index contributed by atoms with van der Waals surface area (Å²) < 4.78 is 1.16. The average Bonchev–Trinajstić information content (AvgIpc) is 3.15. The van der Waals surface area contributed by atoms with E-state index in [1.807, 2.05) is 32.0 Å². The SMILES string of the molecule is CCCc1c(C(=O)NCCc2nc3ccccc3s2)[nH]c(C)c1C(C)=O. The van der Waals surface area contributed by atoms with E-state index in [0.717, 1.165) is 32.9 Å². The minimum Gasteiger partial charge on any atom is -0.354 e. The number of fused-ring (bicyclic) bond motifs is 1. The summed E-state index contributed by atoms with van der Waals surface area (Å²) >= 11 is 1.65. The highest BCUT2D eigenvalue weighted by atomic mass is 32.1. The molecule has 0 saturated heterocycles. The van der Waals surface area contributed by atoms with E-state index < -0.39 is 0 Å².